The van der Waals surface area contributed by atoms with Gasteiger partial charge in [-0.15, -0.1) is 0 Å². The van der Waals surface area contributed by atoms with Gasteiger partial charge in [-0.2, -0.15) is 0 Å². The molecular weight excluding hydrogens is 362 g/mol. The topological polar surface area (TPSA) is 57.7 Å². The third-order valence-corrected chi connectivity index (χ3v) is 4.91. The lowest BCUT2D eigenvalue weighted by molar-refractivity contribution is -0.117. The second kappa shape index (κ2) is 7.82. The van der Waals surface area contributed by atoms with Crippen molar-refractivity contribution in [1.82, 2.24) is 0 Å². The van der Waals surface area contributed by atoms with Crippen molar-refractivity contribution in [1.29, 1.82) is 0 Å². The SMILES string of the molecule is CCN(C(=O)CN(c1ccc(F)cc1F)S(C)(=O)=O)c1cccc(C)c1. The molecule has 0 aliphatic carbocycles. The van der Waals surface area contributed by atoms with Crippen LogP contribution < -0.4 is 9.21 Å². The molecule has 2 aromatic rings. The summed E-state index contributed by atoms with van der Waals surface area (Å²) in [6, 6.07) is 9.71. The molecule has 2 rings (SSSR count). The van der Waals surface area contributed by atoms with Crippen LogP contribution in [0.1, 0.15) is 12.5 Å². The molecule has 0 aliphatic heterocycles. The van der Waals surface area contributed by atoms with Gasteiger partial charge in [-0.3, -0.25) is 9.10 Å². The van der Waals surface area contributed by atoms with Gasteiger partial charge >= 0.3 is 0 Å². The lowest BCUT2D eigenvalue weighted by Gasteiger charge is -2.27. The van der Waals surface area contributed by atoms with Gasteiger partial charge in [0.15, 0.2) is 0 Å². The van der Waals surface area contributed by atoms with Gasteiger partial charge in [-0.05, 0) is 43.7 Å². The lowest BCUT2D eigenvalue weighted by atomic mass is 10.2. The minimum Gasteiger partial charge on any atom is -0.311 e. The average Bonchev–Trinajstić information content (AvgIpc) is 2.53. The number of carbonyl (C=O) groups excluding carboxylic acids is 1. The Labute approximate surface area is 151 Å². The van der Waals surface area contributed by atoms with E-state index in [0.29, 0.717) is 22.6 Å². The average molecular weight is 382 g/mol. The van der Waals surface area contributed by atoms with Crippen molar-refractivity contribution in [2.45, 2.75) is 13.8 Å². The van der Waals surface area contributed by atoms with Crippen LogP contribution in [0.2, 0.25) is 0 Å². The molecule has 0 aliphatic rings. The monoisotopic (exact) mass is 382 g/mol. The third kappa shape index (κ3) is 4.57. The number of rotatable bonds is 6. The summed E-state index contributed by atoms with van der Waals surface area (Å²) in [6.45, 7) is 3.34. The number of anilines is 2. The van der Waals surface area contributed by atoms with E-state index in [-0.39, 0.29) is 5.69 Å². The van der Waals surface area contributed by atoms with E-state index < -0.39 is 34.1 Å². The van der Waals surface area contributed by atoms with E-state index in [1.807, 2.05) is 13.0 Å². The van der Waals surface area contributed by atoms with E-state index in [9.17, 15) is 22.0 Å². The number of hydrogen-bond donors (Lipinski definition) is 0. The molecule has 0 N–H and O–H groups in total. The number of sulfonamides is 1. The minimum atomic E-state index is -3.96. The number of benzene rings is 2. The molecule has 1 amide bonds. The fourth-order valence-corrected chi connectivity index (χ4v) is 3.42. The summed E-state index contributed by atoms with van der Waals surface area (Å²) in [7, 11) is -3.96. The molecule has 140 valence electrons. The molecular formula is C18H20F2N2O3S. The molecule has 0 radical (unpaired) electrons. The Hall–Kier alpha value is -2.48. The molecule has 0 atom stereocenters. The Morgan fingerprint density at radius 3 is 2.35 bits per heavy atom. The molecule has 0 saturated carbocycles. The molecule has 0 bridgehead atoms. The highest BCUT2D eigenvalue weighted by atomic mass is 32.2. The first-order chi connectivity index (χ1) is 12.1. The van der Waals surface area contributed by atoms with E-state index in [1.54, 1.807) is 25.1 Å². The highest BCUT2D eigenvalue weighted by Gasteiger charge is 2.26. The summed E-state index contributed by atoms with van der Waals surface area (Å²) in [5, 5.41) is 0. The number of aryl methyl sites for hydroxylation is 1. The summed E-state index contributed by atoms with van der Waals surface area (Å²) >= 11 is 0. The standard InChI is InChI=1S/C18H20F2N2O3S/c1-4-21(15-7-5-6-13(2)10-15)18(23)12-22(26(3,24)25)17-9-8-14(19)11-16(17)20/h5-11H,4,12H2,1-3H3. The fraction of sp³-hybridized carbons (Fsp3) is 0.278. The summed E-state index contributed by atoms with van der Waals surface area (Å²) < 4.78 is 52.0. The van der Waals surface area contributed by atoms with Crippen LogP contribution in [0.3, 0.4) is 0 Å². The van der Waals surface area contributed by atoms with E-state index in [0.717, 1.165) is 24.0 Å². The summed E-state index contributed by atoms with van der Waals surface area (Å²) in [5.41, 5.74) is 1.19. The number of carbonyl (C=O) groups is 1. The number of hydrogen-bond acceptors (Lipinski definition) is 3. The zero-order valence-corrected chi connectivity index (χ0v) is 15.6. The lowest BCUT2D eigenvalue weighted by Crippen LogP contribution is -2.43. The van der Waals surface area contributed by atoms with Crippen LogP contribution in [0.15, 0.2) is 42.5 Å². The quantitative estimate of drug-likeness (QED) is 0.771. The van der Waals surface area contributed by atoms with Gasteiger partial charge in [-0.25, -0.2) is 17.2 Å². The van der Waals surface area contributed by atoms with Gasteiger partial charge in [0.2, 0.25) is 15.9 Å². The van der Waals surface area contributed by atoms with Crippen LogP contribution in [0.4, 0.5) is 20.2 Å². The first kappa shape index (κ1) is 19.8. The number of amides is 1. The largest absolute Gasteiger partial charge is 0.311 e. The molecule has 0 fully saturated rings. The Morgan fingerprint density at radius 2 is 1.81 bits per heavy atom. The zero-order chi connectivity index (χ0) is 19.5. The van der Waals surface area contributed by atoms with Crippen molar-refractivity contribution in [2.75, 3.05) is 28.6 Å². The normalized spacial score (nSPS) is 11.3. The highest BCUT2D eigenvalue weighted by Crippen LogP contribution is 2.24. The van der Waals surface area contributed by atoms with Crippen LogP contribution in [0.25, 0.3) is 0 Å². The van der Waals surface area contributed by atoms with Crippen LogP contribution in [0, 0.1) is 18.6 Å². The van der Waals surface area contributed by atoms with Crippen molar-refractivity contribution in [3.8, 4) is 0 Å². The van der Waals surface area contributed by atoms with E-state index in [2.05, 4.69) is 0 Å². The Kier molecular flexibility index (Phi) is 5.97. The summed E-state index contributed by atoms with van der Waals surface area (Å²) in [6.07, 6.45) is 0.867. The molecule has 0 aromatic heterocycles. The molecule has 26 heavy (non-hydrogen) atoms. The number of likely N-dealkylation sites (N-methyl/N-ethyl adjacent to an activating group) is 1. The maximum atomic E-state index is 14.1. The maximum Gasteiger partial charge on any atom is 0.247 e. The Morgan fingerprint density at radius 1 is 1.12 bits per heavy atom. The smallest absolute Gasteiger partial charge is 0.247 e. The van der Waals surface area contributed by atoms with Gasteiger partial charge < -0.3 is 4.90 Å². The Balaban J connectivity index is 2.37. The number of nitrogens with zero attached hydrogens (tertiary/aromatic N) is 2. The van der Waals surface area contributed by atoms with Crippen molar-refractivity contribution < 1.29 is 22.0 Å². The zero-order valence-electron chi connectivity index (χ0n) is 14.7. The van der Waals surface area contributed by atoms with Crippen molar-refractivity contribution in [3.63, 3.8) is 0 Å². The first-order valence-corrected chi connectivity index (χ1v) is 9.78. The van der Waals surface area contributed by atoms with Crippen molar-refractivity contribution in [3.05, 3.63) is 59.7 Å². The van der Waals surface area contributed by atoms with Gasteiger partial charge in [0.25, 0.3) is 0 Å². The number of halogens is 2. The van der Waals surface area contributed by atoms with Crippen molar-refractivity contribution in [2.24, 2.45) is 0 Å². The third-order valence-electron chi connectivity index (χ3n) is 3.79. The highest BCUT2D eigenvalue weighted by molar-refractivity contribution is 7.92. The van der Waals surface area contributed by atoms with Gasteiger partial charge in [0.05, 0.1) is 11.9 Å². The summed E-state index contributed by atoms with van der Waals surface area (Å²) in [5.74, 6) is -2.41. The van der Waals surface area contributed by atoms with E-state index >= 15 is 0 Å². The van der Waals surface area contributed by atoms with Gasteiger partial charge in [-0.1, -0.05) is 12.1 Å². The maximum absolute atomic E-state index is 14.1. The van der Waals surface area contributed by atoms with Crippen LogP contribution in [-0.4, -0.2) is 33.7 Å². The summed E-state index contributed by atoms with van der Waals surface area (Å²) in [4.78, 5) is 14.1. The second-order valence-electron chi connectivity index (χ2n) is 5.84. The van der Waals surface area contributed by atoms with Crippen LogP contribution >= 0.6 is 0 Å². The predicted octanol–water partition coefficient (Wildman–Crippen LogP) is 3.09. The van der Waals surface area contributed by atoms with Gasteiger partial charge in [0.1, 0.15) is 18.2 Å². The molecule has 2 aromatic carbocycles. The fourth-order valence-electron chi connectivity index (χ4n) is 2.57. The second-order valence-corrected chi connectivity index (χ2v) is 7.75. The molecule has 0 unspecified atom stereocenters. The van der Waals surface area contributed by atoms with Crippen molar-refractivity contribution >= 4 is 27.3 Å². The minimum absolute atomic E-state index is 0.311. The molecule has 0 spiro atoms. The molecule has 0 saturated heterocycles. The van der Waals surface area contributed by atoms with Crippen LogP contribution in [0.5, 0.6) is 0 Å². The van der Waals surface area contributed by atoms with E-state index in [1.165, 1.54) is 4.90 Å². The molecule has 0 heterocycles. The Bertz CT molecular complexity index is 916. The van der Waals surface area contributed by atoms with E-state index in [4.69, 9.17) is 0 Å². The van der Waals surface area contributed by atoms with Crippen LogP contribution in [-0.2, 0) is 14.8 Å². The molecule has 8 heteroatoms. The predicted molar refractivity (Wildman–Crippen MR) is 97.8 cm³/mol. The molecule has 5 nitrogen and oxygen atoms in total. The first-order valence-electron chi connectivity index (χ1n) is 7.93. The van der Waals surface area contributed by atoms with Gasteiger partial charge in [0, 0.05) is 18.3 Å².